The normalized spacial score (nSPS) is 11.7. The number of amides is 1. The second-order valence-corrected chi connectivity index (χ2v) is 6.04. The molecule has 0 heterocycles. The van der Waals surface area contributed by atoms with E-state index in [2.05, 4.69) is 11.4 Å². The summed E-state index contributed by atoms with van der Waals surface area (Å²) in [5.74, 6) is 1.36. The monoisotopic (exact) mass is 327 g/mol. The lowest BCUT2D eigenvalue weighted by molar-refractivity contribution is -0.121. The van der Waals surface area contributed by atoms with Crippen molar-refractivity contribution >= 4 is 5.91 Å². The first-order chi connectivity index (χ1) is 11.5. The van der Waals surface area contributed by atoms with Gasteiger partial charge in [0.15, 0.2) is 11.5 Å². The zero-order valence-corrected chi connectivity index (χ0v) is 14.8. The third-order valence-corrected chi connectivity index (χ3v) is 3.81. The van der Waals surface area contributed by atoms with Crippen LogP contribution < -0.4 is 14.8 Å². The molecular weight excluding hydrogens is 302 g/mol. The maximum absolute atomic E-state index is 12.2. The van der Waals surface area contributed by atoms with Crippen molar-refractivity contribution in [2.75, 3.05) is 13.7 Å². The summed E-state index contributed by atoms with van der Waals surface area (Å²) in [6.07, 6.45) is 0.380. The van der Waals surface area contributed by atoms with Crippen LogP contribution in [-0.4, -0.2) is 25.7 Å². The van der Waals surface area contributed by atoms with Crippen molar-refractivity contribution < 1.29 is 14.3 Å². The van der Waals surface area contributed by atoms with Crippen LogP contribution in [0, 0.1) is 13.8 Å². The molecule has 0 aliphatic rings. The van der Waals surface area contributed by atoms with Gasteiger partial charge in [0, 0.05) is 0 Å². The first-order valence-electron chi connectivity index (χ1n) is 8.11. The Balaban J connectivity index is 1.85. The van der Waals surface area contributed by atoms with Crippen LogP contribution in [0.15, 0.2) is 42.5 Å². The van der Waals surface area contributed by atoms with Gasteiger partial charge in [-0.1, -0.05) is 35.9 Å². The number of carbonyl (C=O) groups is 1. The number of rotatable bonds is 7. The number of aryl methyl sites for hydroxylation is 2. The molecule has 0 saturated heterocycles. The van der Waals surface area contributed by atoms with E-state index in [1.807, 2.05) is 57.2 Å². The van der Waals surface area contributed by atoms with Gasteiger partial charge in [-0.05, 0) is 44.0 Å². The van der Waals surface area contributed by atoms with Crippen molar-refractivity contribution in [3.63, 3.8) is 0 Å². The van der Waals surface area contributed by atoms with Crippen LogP contribution in [0.1, 0.15) is 23.6 Å². The minimum absolute atomic E-state index is 0.00178. The molecule has 0 unspecified atom stereocenters. The van der Waals surface area contributed by atoms with Crippen LogP contribution in [0.5, 0.6) is 11.5 Å². The van der Waals surface area contributed by atoms with E-state index in [1.54, 1.807) is 7.11 Å². The van der Waals surface area contributed by atoms with Crippen molar-refractivity contribution in [3.8, 4) is 11.5 Å². The smallest absolute Gasteiger partial charge is 0.224 e. The maximum Gasteiger partial charge on any atom is 0.224 e. The van der Waals surface area contributed by atoms with Crippen LogP contribution >= 0.6 is 0 Å². The summed E-state index contributed by atoms with van der Waals surface area (Å²) in [5, 5.41) is 2.97. The topological polar surface area (TPSA) is 47.6 Å². The molecule has 4 nitrogen and oxygen atoms in total. The SMILES string of the molecule is COc1ccccc1OC[C@@H](C)NC(=O)Cc1ccc(C)cc1C. The number of benzene rings is 2. The lowest BCUT2D eigenvalue weighted by Crippen LogP contribution is -2.37. The molecule has 0 fully saturated rings. The standard InChI is InChI=1S/C20H25NO3/c1-14-9-10-17(15(2)11-14)12-20(22)21-16(3)13-24-19-8-6-5-7-18(19)23-4/h5-11,16H,12-13H2,1-4H3,(H,21,22)/t16-/m1/s1. The summed E-state index contributed by atoms with van der Waals surface area (Å²) in [6.45, 7) is 6.40. The van der Waals surface area contributed by atoms with Gasteiger partial charge in [-0.15, -0.1) is 0 Å². The lowest BCUT2D eigenvalue weighted by atomic mass is 10.0. The molecule has 0 aliphatic heterocycles. The Bertz CT molecular complexity index is 697. The van der Waals surface area contributed by atoms with Crippen LogP contribution in [0.4, 0.5) is 0 Å². The number of ether oxygens (including phenoxy) is 2. The fourth-order valence-corrected chi connectivity index (χ4v) is 2.54. The van der Waals surface area contributed by atoms with Gasteiger partial charge in [0.2, 0.25) is 5.91 Å². The lowest BCUT2D eigenvalue weighted by Gasteiger charge is -2.17. The predicted molar refractivity (Wildman–Crippen MR) is 95.7 cm³/mol. The van der Waals surface area contributed by atoms with Crippen molar-refractivity contribution in [3.05, 3.63) is 59.2 Å². The summed E-state index contributed by atoms with van der Waals surface area (Å²) in [6, 6.07) is 13.5. The molecule has 1 amide bonds. The first-order valence-corrected chi connectivity index (χ1v) is 8.11. The van der Waals surface area contributed by atoms with E-state index < -0.39 is 0 Å². The number of para-hydroxylation sites is 2. The fourth-order valence-electron chi connectivity index (χ4n) is 2.54. The zero-order chi connectivity index (χ0) is 17.5. The summed E-state index contributed by atoms with van der Waals surface area (Å²) in [4.78, 5) is 12.2. The van der Waals surface area contributed by atoms with E-state index >= 15 is 0 Å². The highest BCUT2D eigenvalue weighted by atomic mass is 16.5. The molecule has 0 saturated carbocycles. The van der Waals surface area contributed by atoms with E-state index in [-0.39, 0.29) is 11.9 Å². The molecule has 1 N–H and O–H groups in total. The minimum atomic E-state index is -0.0897. The molecule has 0 aliphatic carbocycles. The third kappa shape index (κ3) is 5.01. The molecule has 0 bridgehead atoms. The molecule has 2 aromatic rings. The van der Waals surface area contributed by atoms with Gasteiger partial charge in [-0.2, -0.15) is 0 Å². The van der Waals surface area contributed by atoms with E-state index in [4.69, 9.17) is 9.47 Å². The average Bonchev–Trinajstić information content (AvgIpc) is 2.55. The molecule has 0 aromatic heterocycles. The molecule has 24 heavy (non-hydrogen) atoms. The van der Waals surface area contributed by atoms with Crippen LogP contribution in [0.25, 0.3) is 0 Å². The van der Waals surface area contributed by atoms with Crippen LogP contribution in [-0.2, 0) is 11.2 Å². The predicted octanol–water partition coefficient (Wildman–Crippen LogP) is 3.44. The van der Waals surface area contributed by atoms with E-state index in [0.717, 1.165) is 11.1 Å². The Kier molecular flexibility index (Phi) is 6.24. The van der Waals surface area contributed by atoms with Crippen LogP contribution in [0.3, 0.4) is 0 Å². The number of methoxy groups -OCH3 is 1. The van der Waals surface area contributed by atoms with Crippen LogP contribution in [0.2, 0.25) is 0 Å². The molecule has 4 heteroatoms. The molecule has 128 valence electrons. The van der Waals surface area contributed by atoms with E-state index in [1.165, 1.54) is 5.56 Å². The molecule has 0 radical (unpaired) electrons. The Morgan fingerprint density at radius 3 is 2.50 bits per heavy atom. The Morgan fingerprint density at radius 1 is 1.12 bits per heavy atom. The number of hydrogen-bond donors (Lipinski definition) is 1. The highest BCUT2D eigenvalue weighted by Gasteiger charge is 2.11. The summed E-state index contributed by atoms with van der Waals surface area (Å²) >= 11 is 0. The van der Waals surface area contributed by atoms with Gasteiger partial charge in [0.05, 0.1) is 19.6 Å². The fraction of sp³-hybridized carbons (Fsp3) is 0.350. The Labute approximate surface area is 143 Å². The van der Waals surface area contributed by atoms with Gasteiger partial charge in [0.25, 0.3) is 0 Å². The van der Waals surface area contributed by atoms with Gasteiger partial charge < -0.3 is 14.8 Å². The summed E-state index contributed by atoms with van der Waals surface area (Å²) in [5.41, 5.74) is 3.40. The number of carbonyl (C=O) groups excluding carboxylic acids is 1. The molecule has 2 aromatic carbocycles. The quantitative estimate of drug-likeness (QED) is 0.847. The Morgan fingerprint density at radius 2 is 1.83 bits per heavy atom. The highest BCUT2D eigenvalue weighted by molar-refractivity contribution is 5.79. The van der Waals surface area contributed by atoms with Crippen molar-refractivity contribution in [1.29, 1.82) is 0 Å². The maximum atomic E-state index is 12.2. The summed E-state index contributed by atoms with van der Waals surface area (Å²) < 4.78 is 11.0. The van der Waals surface area contributed by atoms with E-state index in [0.29, 0.717) is 24.5 Å². The second-order valence-electron chi connectivity index (χ2n) is 6.04. The van der Waals surface area contributed by atoms with Gasteiger partial charge in [-0.3, -0.25) is 4.79 Å². The van der Waals surface area contributed by atoms with Gasteiger partial charge >= 0.3 is 0 Å². The zero-order valence-electron chi connectivity index (χ0n) is 14.8. The Hall–Kier alpha value is -2.49. The highest BCUT2D eigenvalue weighted by Crippen LogP contribution is 2.25. The molecule has 1 atom stereocenters. The first kappa shape index (κ1) is 17.9. The number of hydrogen-bond acceptors (Lipinski definition) is 3. The van der Waals surface area contributed by atoms with Gasteiger partial charge in [-0.25, -0.2) is 0 Å². The third-order valence-electron chi connectivity index (χ3n) is 3.81. The molecular formula is C20H25NO3. The largest absolute Gasteiger partial charge is 0.493 e. The molecule has 2 rings (SSSR count). The number of nitrogens with one attached hydrogen (secondary N) is 1. The average molecular weight is 327 g/mol. The minimum Gasteiger partial charge on any atom is -0.493 e. The van der Waals surface area contributed by atoms with Crippen molar-refractivity contribution in [1.82, 2.24) is 5.32 Å². The molecule has 0 spiro atoms. The van der Waals surface area contributed by atoms with Crippen molar-refractivity contribution in [2.45, 2.75) is 33.2 Å². The van der Waals surface area contributed by atoms with Gasteiger partial charge in [0.1, 0.15) is 6.61 Å². The van der Waals surface area contributed by atoms with E-state index in [9.17, 15) is 4.79 Å². The second kappa shape index (κ2) is 8.39. The summed E-state index contributed by atoms with van der Waals surface area (Å²) in [7, 11) is 1.61. The van der Waals surface area contributed by atoms with Crippen molar-refractivity contribution in [2.24, 2.45) is 0 Å².